The molecule has 1 N–H and O–H groups in total. The zero-order valence-corrected chi connectivity index (χ0v) is 8.72. The predicted molar refractivity (Wildman–Crippen MR) is 57.6 cm³/mol. The lowest BCUT2D eigenvalue weighted by molar-refractivity contribution is 0.631. The van der Waals surface area contributed by atoms with Crippen LogP contribution in [-0.4, -0.2) is 10.5 Å². The summed E-state index contributed by atoms with van der Waals surface area (Å²) in [6.45, 7) is 0. The highest BCUT2D eigenvalue weighted by molar-refractivity contribution is 6.29. The van der Waals surface area contributed by atoms with E-state index in [1.807, 2.05) is 18.2 Å². The Morgan fingerprint density at radius 1 is 1.36 bits per heavy atom. The maximum atomic E-state index is 5.84. The van der Waals surface area contributed by atoms with Crippen LogP contribution in [-0.2, 0) is 0 Å². The molecule has 0 unspecified atom stereocenters. The molecule has 0 aromatic carbocycles. The smallest absolute Gasteiger partial charge is 0.131 e. The van der Waals surface area contributed by atoms with E-state index in [-0.39, 0.29) is 0 Å². The van der Waals surface area contributed by atoms with E-state index in [0.29, 0.717) is 10.7 Å². The number of pyridine rings is 1. The van der Waals surface area contributed by atoms with Crippen LogP contribution in [0.4, 0.5) is 5.82 Å². The van der Waals surface area contributed by atoms with Crippen LogP contribution in [0.2, 0.25) is 5.15 Å². The molecule has 3 rings (SSSR count). The molecule has 3 heteroatoms. The highest BCUT2D eigenvalue weighted by Gasteiger charge is 2.54. The molecule has 74 valence electrons. The van der Waals surface area contributed by atoms with Gasteiger partial charge in [0.15, 0.2) is 0 Å². The van der Waals surface area contributed by atoms with Crippen LogP contribution in [0.15, 0.2) is 18.2 Å². The molecular weight excluding hydrogens is 196 g/mol. The van der Waals surface area contributed by atoms with Crippen molar-refractivity contribution in [3.05, 3.63) is 23.4 Å². The van der Waals surface area contributed by atoms with Crippen molar-refractivity contribution in [3.63, 3.8) is 0 Å². The highest BCUT2D eigenvalue weighted by Crippen LogP contribution is 2.55. The second-order valence-corrected chi connectivity index (χ2v) is 4.79. The summed E-state index contributed by atoms with van der Waals surface area (Å²) in [5.74, 6) is 1.82. The summed E-state index contributed by atoms with van der Waals surface area (Å²) in [6, 6.07) is 5.75. The molecule has 0 atom stereocenters. The molecule has 2 nitrogen and oxygen atoms in total. The second-order valence-electron chi connectivity index (χ2n) is 4.40. The number of hydrogen-bond donors (Lipinski definition) is 1. The first-order valence-electron chi connectivity index (χ1n) is 5.19. The monoisotopic (exact) mass is 208 g/mol. The number of halogens is 1. The Hall–Kier alpha value is -0.760. The van der Waals surface area contributed by atoms with Crippen LogP contribution in [0.3, 0.4) is 0 Å². The summed E-state index contributed by atoms with van der Waals surface area (Å²) in [6.07, 6.45) is 5.36. The van der Waals surface area contributed by atoms with Gasteiger partial charge in [-0.25, -0.2) is 4.98 Å². The minimum Gasteiger partial charge on any atom is -0.364 e. The Morgan fingerprint density at radius 3 is 2.71 bits per heavy atom. The lowest BCUT2D eigenvalue weighted by Gasteiger charge is -2.17. The van der Waals surface area contributed by atoms with Crippen LogP contribution < -0.4 is 5.32 Å². The number of hydrogen-bond acceptors (Lipinski definition) is 2. The van der Waals surface area contributed by atoms with Gasteiger partial charge in [0.1, 0.15) is 11.0 Å². The molecule has 0 amide bonds. The molecule has 2 fully saturated rings. The summed E-state index contributed by atoms with van der Waals surface area (Å²) >= 11 is 5.84. The predicted octanol–water partition coefficient (Wildman–Crippen LogP) is 3.09. The Kier molecular flexibility index (Phi) is 1.75. The Labute approximate surface area is 88.7 Å². The number of rotatable bonds is 3. The van der Waals surface area contributed by atoms with E-state index >= 15 is 0 Å². The first-order valence-corrected chi connectivity index (χ1v) is 5.57. The van der Waals surface area contributed by atoms with Crippen molar-refractivity contribution in [2.75, 3.05) is 5.32 Å². The number of nitrogens with zero attached hydrogens (tertiary/aromatic N) is 1. The summed E-state index contributed by atoms with van der Waals surface area (Å²) < 4.78 is 0. The van der Waals surface area contributed by atoms with Crippen LogP contribution in [0.25, 0.3) is 0 Å². The van der Waals surface area contributed by atoms with Crippen molar-refractivity contribution in [2.45, 2.75) is 31.2 Å². The van der Waals surface area contributed by atoms with Gasteiger partial charge in [0.05, 0.1) is 0 Å². The zero-order chi connectivity index (χ0) is 9.60. The van der Waals surface area contributed by atoms with Gasteiger partial charge in [-0.05, 0) is 43.7 Å². The van der Waals surface area contributed by atoms with E-state index in [2.05, 4.69) is 10.3 Å². The molecule has 2 aliphatic carbocycles. The van der Waals surface area contributed by atoms with Gasteiger partial charge in [-0.15, -0.1) is 0 Å². The third kappa shape index (κ3) is 1.48. The quantitative estimate of drug-likeness (QED) is 0.773. The van der Waals surface area contributed by atoms with Gasteiger partial charge in [-0.2, -0.15) is 0 Å². The fourth-order valence-corrected chi connectivity index (χ4v) is 2.30. The molecule has 1 heterocycles. The molecule has 14 heavy (non-hydrogen) atoms. The van der Waals surface area contributed by atoms with Crippen molar-refractivity contribution in [1.29, 1.82) is 0 Å². The summed E-state index contributed by atoms with van der Waals surface area (Å²) in [4.78, 5) is 4.26. The summed E-state index contributed by atoms with van der Waals surface area (Å²) in [7, 11) is 0. The zero-order valence-electron chi connectivity index (χ0n) is 7.96. The van der Waals surface area contributed by atoms with E-state index in [4.69, 9.17) is 11.6 Å². The van der Waals surface area contributed by atoms with Crippen molar-refractivity contribution in [3.8, 4) is 0 Å². The van der Waals surface area contributed by atoms with Crippen LogP contribution >= 0.6 is 11.6 Å². The van der Waals surface area contributed by atoms with Gasteiger partial charge >= 0.3 is 0 Å². The number of aromatic nitrogens is 1. The Bertz CT molecular complexity index is 356. The molecule has 0 bridgehead atoms. The van der Waals surface area contributed by atoms with Gasteiger partial charge < -0.3 is 5.32 Å². The third-order valence-corrected chi connectivity index (χ3v) is 3.45. The largest absolute Gasteiger partial charge is 0.364 e. The Balaban J connectivity index is 1.77. The third-order valence-electron chi connectivity index (χ3n) is 3.24. The fraction of sp³-hybridized carbons (Fsp3) is 0.545. The topological polar surface area (TPSA) is 24.9 Å². The first kappa shape index (κ1) is 8.54. The van der Waals surface area contributed by atoms with E-state index < -0.39 is 0 Å². The average molecular weight is 209 g/mol. The Morgan fingerprint density at radius 2 is 2.14 bits per heavy atom. The molecule has 0 aliphatic heterocycles. The highest BCUT2D eigenvalue weighted by atomic mass is 35.5. The van der Waals surface area contributed by atoms with E-state index in [1.54, 1.807) is 0 Å². The molecule has 1 aromatic heterocycles. The molecular formula is C11H13ClN2. The first-order chi connectivity index (χ1) is 6.78. The molecule has 2 saturated carbocycles. The standard InChI is InChI=1S/C11H13ClN2/c12-9-2-1-3-10(13-9)14-11(6-7-11)8-4-5-8/h1-3,8H,4-7H2,(H,13,14). The fourth-order valence-electron chi connectivity index (χ4n) is 2.14. The maximum absolute atomic E-state index is 5.84. The summed E-state index contributed by atoms with van der Waals surface area (Å²) in [5.41, 5.74) is 0.387. The maximum Gasteiger partial charge on any atom is 0.131 e. The van der Waals surface area contributed by atoms with Crippen LogP contribution in [0.1, 0.15) is 25.7 Å². The van der Waals surface area contributed by atoms with Crippen molar-refractivity contribution in [1.82, 2.24) is 4.98 Å². The van der Waals surface area contributed by atoms with E-state index in [0.717, 1.165) is 11.7 Å². The van der Waals surface area contributed by atoms with Gasteiger partial charge in [0.25, 0.3) is 0 Å². The molecule has 2 aliphatic rings. The average Bonchev–Trinajstić information content (AvgIpc) is 2.99. The normalized spacial score (nSPS) is 23.2. The van der Waals surface area contributed by atoms with Crippen molar-refractivity contribution < 1.29 is 0 Å². The molecule has 1 aromatic rings. The van der Waals surface area contributed by atoms with Gasteiger partial charge in [-0.1, -0.05) is 17.7 Å². The SMILES string of the molecule is Clc1cccc(NC2(C3CC3)CC2)n1. The van der Waals surface area contributed by atoms with Crippen LogP contribution in [0, 0.1) is 5.92 Å². The van der Waals surface area contributed by atoms with Gasteiger partial charge in [0, 0.05) is 5.54 Å². The molecule has 0 saturated heterocycles. The summed E-state index contributed by atoms with van der Waals surface area (Å²) in [5, 5.41) is 4.11. The van der Waals surface area contributed by atoms with Crippen molar-refractivity contribution in [2.24, 2.45) is 5.92 Å². The lowest BCUT2D eigenvalue weighted by Crippen LogP contribution is -2.24. The van der Waals surface area contributed by atoms with Gasteiger partial charge in [0.2, 0.25) is 0 Å². The number of anilines is 1. The second kappa shape index (κ2) is 2.86. The lowest BCUT2D eigenvalue weighted by atomic mass is 10.1. The number of nitrogens with one attached hydrogen (secondary N) is 1. The minimum atomic E-state index is 0.387. The van der Waals surface area contributed by atoms with E-state index in [9.17, 15) is 0 Å². The van der Waals surface area contributed by atoms with Gasteiger partial charge in [-0.3, -0.25) is 0 Å². The molecule has 0 radical (unpaired) electrons. The molecule has 0 spiro atoms. The minimum absolute atomic E-state index is 0.387. The van der Waals surface area contributed by atoms with Crippen molar-refractivity contribution >= 4 is 17.4 Å². The van der Waals surface area contributed by atoms with Crippen LogP contribution in [0.5, 0.6) is 0 Å². The van der Waals surface area contributed by atoms with E-state index in [1.165, 1.54) is 25.7 Å².